The van der Waals surface area contributed by atoms with Gasteiger partial charge in [0.15, 0.2) is 11.4 Å². The number of rotatable bonds is 17. The average Bonchev–Trinajstić information content (AvgIpc) is 1.72. The zero-order chi connectivity index (χ0) is 71.1. The number of nitrogens with one attached hydrogen (secondary N) is 5. The zero-order valence-electron chi connectivity index (χ0n) is 60.8. The quantitative estimate of drug-likeness (QED) is 0.0531. The fraction of sp³-hybridized carbons (Fsp3) is 0.571. The molecular weight excluding hydrogens is 1220 g/mol. The molecule has 2 aliphatic heterocycles. The van der Waals surface area contributed by atoms with E-state index in [1.54, 1.807) is 74.4 Å². The summed E-state index contributed by atoms with van der Waals surface area (Å²) in [5.74, 6) is -0.761. The van der Waals surface area contributed by atoms with Crippen LogP contribution in [0.3, 0.4) is 0 Å². The number of carbonyl (C=O) groups excluding carboxylic acids is 5. The Morgan fingerprint density at radius 1 is 0.469 bits per heavy atom. The number of methoxy groups -OCH3 is 1. The van der Waals surface area contributed by atoms with Crippen molar-refractivity contribution < 1.29 is 33.4 Å². The lowest BCUT2D eigenvalue weighted by Gasteiger charge is -2.26. The predicted octanol–water partition coefficient (Wildman–Crippen LogP) is 9.51. The monoisotopic (exact) mass is 1330 g/mol. The van der Waals surface area contributed by atoms with E-state index in [4.69, 9.17) is 9.47 Å². The number of hydrogen-bond acceptors (Lipinski definition) is 16. The van der Waals surface area contributed by atoms with Crippen LogP contribution in [0.4, 0.5) is 11.4 Å². The van der Waals surface area contributed by atoms with Crippen molar-refractivity contribution in [3.63, 3.8) is 0 Å². The van der Waals surface area contributed by atoms with Gasteiger partial charge in [0.25, 0.3) is 29.5 Å². The first kappa shape index (κ1) is 78.2. The third kappa shape index (κ3) is 24.9. The van der Waals surface area contributed by atoms with E-state index in [1.807, 2.05) is 84.0 Å². The number of anilines is 2. The summed E-state index contributed by atoms with van der Waals surface area (Å²) in [7, 11) is 1.60. The molecule has 526 valence electrons. The largest absolute Gasteiger partial charge is 0.383 e. The molecule has 9 heterocycles. The summed E-state index contributed by atoms with van der Waals surface area (Å²) in [6, 6.07) is 16.4. The molecule has 0 bridgehead atoms. The molecule has 0 radical (unpaired) electrons. The van der Waals surface area contributed by atoms with Crippen LogP contribution in [0.1, 0.15) is 203 Å². The molecule has 0 aromatic carbocycles. The number of carbonyl (C=O) groups is 5. The number of amides is 5. The minimum Gasteiger partial charge on any atom is -0.383 e. The summed E-state index contributed by atoms with van der Waals surface area (Å²) < 4.78 is 19.5. The van der Waals surface area contributed by atoms with Crippen LogP contribution in [0, 0.1) is 34.6 Å². The number of piperidine rings is 1. The smallest absolute Gasteiger partial charge is 0.276 e. The lowest BCUT2D eigenvalue weighted by atomic mass is 10.1. The lowest BCUT2D eigenvalue weighted by molar-refractivity contribution is 0.0383. The molecule has 26 nitrogen and oxygen atoms in total. The molecule has 0 saturated carbocycles. The Morgan fingerprint density at radius 2 is 0.844 bits per heavy atom. The van der Waals surface area contributed by atoms with E-state index in [-0.39, 0.29) is 57.7 Å². The van der Waals surface area contributed by atoms with Crippen LogP contribution in [0.25, 0.3) is 0 Å². The molecule has 2 saturated heterocycles. The van der Waals surface area contributed by atoms with Gasteiger partial charge in [0.1, 0.15) is 17.1 Å². The summed E-state index contributed by atoms with van der Waals surface area (Å²) in [5, 5.41) is 36.1. The highest BCUT2D eigenvalue weighted by molar-refractivity contribution is 6.03. The minimum absolute atomic E-state index is 0.0712. The zero-order valence-corrected chi connectivity index (χ0v) is 60.8. The fourth-order valence-electron chi connectivity index (χ4n) is 10.6. The van der Waals surface area contributed by atoms with Crippen LogP contribution in [0.5, 0.6) is 0 Å². The van der Waals surface area contributed by atoms with Crippen LogP contribution in [-0.4, -0.2) is 184 Å². The number of hydrogen-bond donors (Lipinski definition) is 5. The van der Waals surface area contributed by atoms with Crippen LogP contribution >= 0.6 is 0 Å². The molecule has 0 spiro atoms. The van der Waals surface area contributed by atoms with E-state index in [2.05, 4.69) is 155 Å². The van der Waals surface area contributed by atoms with Gasteiger partial charge in [-0.1, -0.05) is 6.42 Å². The van der Waals surface area contributed by atoms with E-state index in [0.717, 1.165) is 81.0 Å². The highest BCUT2D eigenvalue weighted by Crippen LogP contribution is 2.22. The number of aryl methyl sites for hydroxylation is 5. The Labute approximate surface area is 568 Å². The summed E-state index contributed by atoms with van der Waals surface area (Å²) >= 11 is 0. The number of morpholine rings is 1. The van der Waals surface area contributed by atoms with Gasteiger partial charge >= 0.3 is 0 Å². The van der Waals surface area contributed by atoms with Crippen molar-refractivity contribution in [2.24, 2.45) is 0 Å². The Bertz CT molecular complexity index is 3360. The van der Waals surface area contributed by atoms with Crippen LogP contribution in [0.15, 0.2) is 79.4 Å². The second-order valence-corrected chi connectivity index (χ2v) is 28.2. The van der Waals surface area contributed by atoms with Gasteiger partial charge in [0.05, 0.1) is 53.9 Å². The van der Waals surface area contributed by atoms with Crippen molar-refractivity contribution in [3.8, 4) is 0 Å². The molecule has 5 amide bonds. The summed E-state index contributed by atoms with van der Waals surface area (Å²) in [5.41, 5.74) is 8.11. The molecule has 7 aromatic rings. The van der Waals surface area contributed by atoms with Crippen molar-refractivity contribution in [1.82, 2.24) is 84.6 Å². The van der Waals surface area contributed by atoms with E-state index in [0.29, 0.717) is 66.1 Å². The molecule has 5 N–H and O–H groups in total. The van der Waals surface area contributed by atoms with Crippen molar-refractivity contribution in [2.45, 2.75) is 179 Å². The highest BCUT2D eigenvalue weighted by atomic mass is 16.5. The molecule has 2 fully saturated rings. The highest BCUT2D eigenvalue weighted by Gasteiger charge is 2.25. The van der Waals surface area contributed by atoms with Crippen LogP contribution < -0.4 is 26.6 Å². The van der Waals surface area contributed by atoms with Crippen molar-refractivity contribution in [3.05, 3.63) is 136 Å². The number of nitrogens with zero attached hydrogens (tertiary/aromatic N) is 14. The first-order valence-electron chi connectivity index (χ1n) is 33.2. The molecule has 26 heteroatoms. The van der Waals surface area contributed by atoms with E-state index >= 15 is 0 Å². The molecule has 9 rings (SSSR count). The van der Waals surface area contributed by atoms with Gasteiger partial charge in [-0.15, -0.1) is 0 Å². The van der Waals surface area contributed by atoms with E-state index < -0.39 is 0 Å². The number of pyridine rings is 2. The Hall–Kier alpha value is -8.46. The van der Waals surface area contributed by atoms with Crippen molar-refractivity contribution in [2.75, 3.05) is 96.5 Å². The van der Waals surface area contributed by atoms with Crippen molar-refractivity contribution >= 4 is 40.9 Å². The summed E-state index contributed by atoms with van der Waals surface area (Å²) in [4.78, 5) is 72.8. The normalized spacial score (nSPS) is 13.7. The Balaban J connectivity index is 0.000000218. The maximum Gasteiger partial charge on any atom is 0.276 e. The average molecular weight is 1330 g/mol. The molecule has 96 heavy (non-hydrogen) atoms. The maximum atomic E-state index is 12.2. The van der Waals surface area contributed by atoms with E-state index in [9.17, 15) is 24.0 Å². The molecule has 0 atom stereocenters. The van der Waals surface area contributed by atoms with Crippen LogP contribution in [-0.2, 0) is 31.6 Å². The third-order valence-corrected chi connectivity index (χ3v) is 15.1. The SMILES string of the molecule is COCCNC(=O)c1cc(C)n(C(C)C)n1.Cc1cc(C(=O)NCCN2CCCCC2)nn1C(C)(C)C.Cc1cc(C(=O)NCCN2CCOCC2)nn1C(C)(C)C.Cc1cc(C(=O)Nc2cccnc2)nn1C(C)(C)C.Cc1cc(C(=O)Nc2ccncc2)nn1C(C)(C)C. The van der Waals surface area contributed by atoms with Crippen molar-refractivity contribution in [1.29, 1.82) is 0 Å². The van der Waals surface area contributed by atoms with Gasteiger partial charge in [0, 0.05) is 112 Å². The minimum atomic E-state index is -0.223. The van der Waals surface area contributed by atoms with Gasteiger partial charge in [-0.05, 0) is 212 Å². The Morgan fingerprint density at radius 3 is 1.21 bits per heavy atom. The molecule has 2 aliphatic rings. The Kier molecular flexibility index (Phi) is 29.4. The number of ether oxygens (including phenoxy) is 2. The third-order valence-electron chi connectivity index (χ3n) is 15.1. The number of aromatic nitrogens is 12. The lowest BCUT2D eigenvalue weighted by Crippen LogP contribution is -2.41. The van der Waals surface area contributed by atoms with Gasteiger partial charge < -0.3 is 41.0 Å². The molecule has 0 aliphatic carbocycles. The maximum absolute atomic E-state index is 12.2. The van der Waals surface area contributed by atoms with Gasteiger partial charge in [-0.3, -0.25) is 62.2 Å². The second kappa shape index (κ2) is 36.0. The topological polar surface area (TPSA) is 285 Å². The summed E-state index contributed by atoms with van der Waals surface area (Å²) in [6.45, 7) is 48.6. The van der Waals surface area contributed by atoms with Gasteiger partial charge in [-0.25, -0.2) is 0 Å². The van der Waals surface area contributed by atoms with Gasteiger partial charge in [-0.2, -0.15) is 25.5 Å². The number of likely N-dealkylation sites (tertiary alicyclic amines) is 1. The molecule has 0 unspecified atom stereocenters. The van der Waals surface area contributed by atoms with Gasteiger partial charge in [0.2, 0.25) is 0 Å². The fourth-order valence-corrected chi connectivity index (χ4v) is 10.6. The second-order valence-electron chi connectivity index (χ2n) is 28.2. The first-order chi connectivity index (χ1) is 45.1. The summed E-state index contributed by atoms with van der Waals surface area (Å²) in [6.07, 6.45) is 10.4. The standard InChI is InChI=1S/C16H28N4O.C15H26N4O2.2C14H18N4O.C11H19N3O2/c1-13-12-14(18-20(13)16(2,3)4)15(21)17-8-11-19-9-6-5-7-10-19;1-12-11-13(17-19(12)15(2,3)4)14(20)16-5-6-18-7-9-21-10-8-18;1-10-9-12(17-18(10)14(2,3)4)13(19)16-11-5-7-15-8-6-11;1-10-8-12(17-18(10)14(2,3)4)13(19)16-11-6-5-7-15-9-11;1-8(2)14-9(3)7-10(13-14)11(15)12-5-6-16-4/h12H,5-11H2,1-4H3,(H,17,21);11H,5-10H2,1-4H3,(H,16,20);5-9H,1-4H3,(H,15,16,19);5-9H,1-4H3,(H,16,19);7-8H,5-6H2,1-4H3,(H,12,15). The van der Waals surface area contributed by atoms with Crippen LogP contribution in [0.2, 0.25) is 0 Å². The first-order valence-corrected chi connectivity index (χ1v) is 33.2. The van der Waals surface area contributed by atoms with E-state index in [1.165, 1.54) is 19.3 Å². The molecule has 7 aromatic heterocycles. The molecular formula is C70H109N19O7. The predicted molar refractivity (Wildman–Crippen MR) is 376 cm³/mol.